The monoisotopic (exact) mass is 872 g/mol. The average molecular weight is 872 g/mol. The highest BCUT2D eigenvalue weighted by Gasteiger charge is 2.20. The number of hydrogen-bond acceptors (Lipinski definition) is 5. The van der Waals surface area contributed by atoms with Gasteiger partial charge in [0.2, 0.25) is 5.91 Å². The first-order valence-corrected chi connectivity index (χ1v) is 27.2. The van der Waals surface area contributed by atoms with Gasteiger partial charge in [-0.15, -0.1) is 0 Å². The summed E-state index contributed by atoms with van der Waals surface area (Å²) in [5.41, 5.74) is 0. The van der Waals surface area contributed by atoms with Crippen molar-refractivity contribution < 1.29 is 24.5 Å². The molecule has 2 atom stereocenters. The van der Waals surface area contributed by atoms with Crippen molar-refractivity contribution in [1.82, 2.24) is 5.32 Å². The van der Waals surface area contributed by atoms with Crippen LogP contribution in [0.15, 0.2) is 36.5 Å². The Hall–Kier alpha value is -1.92. The Balaban J connectivity index is 3.49. The van der Waals surface area contributed by atoms with Crippen LogP contribution in [0.5, 0.6) is 0 Å². The maximum atomic E-state index is 12.5. The number of aliphatic hydroxyl groups is 2. The lowest BCUT2D eigenvalue weighted by Crippen LogP contribution is -2.45. The molecule has 0 fully saturated rings. The fraction of sp³-hybridized carbons (Fsp3) is 0.857. The summed E-state index contributed by atoms with van der Waals surface area (Å²) in [6, 6.07) is -0.554. The zero-order valence-electron chi connectivity index (χ0n) is 41.4. The molecule has 6 nitrogen and oxygen atoms in total. The largest absolute Gasteiger partial charge is 0.466 e. The van der Waals surface area contributed by atoms with Gasteiger partial charge >= 0.3 is 5.97 Å². The van der Waals surface area contributed by atoms with Crippen LogP contribution in [0, 0.1) is 0 Å². The SMILES string of the molecule is CCCC/C=C\C/C=C\CCCCCCCC(=O)OCCCCCC/C=C\CCCCCCCCCC(=O)NC(CO)C(O)CCCCCCCCCCCCCCCCCC. The Labute approximate surface area is 385 Å². The Kier molecular flexibility index (Phi) is 50.1. The number of carbonyl (C=O) groups is 2. The van der Waals surface area contributed by atoms with Gasteiger partial charge in [0.05, 0.1) is 25.4 Å². The number of carbonyl (C=O) groups excluding carboxylic acids is 2. The van der Waals surface area contributed by atoms with Crippen LogP contribution in [0.25, 0.3) is 0 Å². The molecule has 0 aromatic carbocycles. The summed E-state index contributed by atoms with van der Waals surface area (Å²) in [6.45, 7) is 4.87. The number of rotatable bonds is 50. The van der Waals surface area contributed by atoms with E-state index in [4.69, 9.17) is 4.74 Å². The van der Waals surface area contributed by atoms with E-state index in [1.165, 1.54) is 167 Å². The van der Waals surface area contributed by atoms with Gasteiger partial charge in [-0.3, -0.25) is 9.59 Å². The van der Waals surface area contributed by atoms with Crippen molar-refractivity contribution >= 4 is 11.9 Å². The molecule has 0 saturated heterocycles. The Morgan fingerprint density at radius 3 is 1.29 bits per heavy atom. The molecular weight excluding hydrogens is 767 g/mol. The second kappa shape index (κ2) is 51.7. The van der Waals surface area contributed by atoms with Crippen molar-refractivity contribution in [2.45, 2.75) is 296 Å². The molecule has 0 spiro atoms. The van der Waals surface area contributed by atoms with Gasteiger partial charge in [-0.25, -0.2) is 0 Å². The molecule has 0 bridgehead atoms. The van der Waals surface area contributed by atoms with Crippen molar-refractivity contribution in [2.24, 2.45) is 0 Å². The lowest BCUT2D eigenvalue weighted by Gasteiger charge is -2.22. The molecule has 0 aliphatic carbocycles. The van der Waals surface area contributed by atoms with Crippen LogP contribution in [-0.2, 0) is 14.3 Å². The summed E-state index contributed by atoms with van der Waals surface area (Å²) in [5, 5.41) is 23.3. The van der Waals surface area contributed by atoms with Gasteiger partial charge in [0.25, 0.3) is 0 Å². The van der Waals surface area contributed by atoms with Crippen molar-refractivity contribution in [1.29, 1.82) is 0 Å². The highest BCUT2D eigenvalue weighted by atomic mass is 16.5. The van der Waals surface area contributed by atoms with Crippen LogP contribution in [0.2, 0.25) is 0 Å². The molecule has 6 heteroatoms. The quantitative estimate of drug-likeness (QED) is 0.0321. The van der Waals surface area contributed by atoms with Crippen molar-refractivity contribution in [3.8, 4) is 0 Å². The average Bonchev–Trinajstić information content (AvgIpc) is 3.27. The topological polar surface area (TPSA) is 95.9 Å². The number of esters is 1. The third kappa shape index (κ3) is 47.6. The highest BCUT2D eigenvalue weighted by molar-refractivity contribution is 5.76. The maximum absolute atomic E-state index is 12.5. The molecule has 0 heterocycles. The summed E-state index contributed by atoms with van der Waals surface area (Å²) < 4.78 is 5.44. The van der Waals surface area contributed by atoms with Gasteiger partial charge in [-0.1, -0.05) is 230 Å². The lowest BCUT2D eigenvalue weighted by atomic mass is 10.0. The Morgan fingerprint density at radius 2 is 0.823 bits per heavy atom. The summed E-state index contributed by atoms with van der Waals surface area (Å²) >= 11 is 0. The van der Waals surface area contributed by atoms with Gasteiger partial charge in [-0.2, -0.15) is 0 Å². The fourth-order valence-corrected chi connectivity index (χ4v) is 8.18. The molecule has 62 heavy (non-hydrogen) atoms. The van der Waals surface area contributed by atoms with E-state index >= 15 is 0 Å². The summed E-state index contributed by atoms with van der Waals surface area (Å²) in [6.07, 6.45) is 62.6. The molecule has 0 aliphatic heterocycles. The molecule has 3 N–H and O–H groups in total. The predicted molar refractivity (Wildman–Crippen MR) is 269 cm³/mol. The molecule has 0 aromatic rings. The molecule has 0 aliphatic rings. The van der Waals surface area contributed by atoms with E-state index < -0.39 is 12.1 Å². The third-order valence-corrected chi connectivity index (χ3v) is 12.4. The molecular formula is C56H105NO5. The molecule has 0 saturated carbocycles. The number of allylic oxidation sites excluding steroid dienone is 6. The number of amides is 1. The standard InChI is InChI=1S/C56H105NO5/c1-3-5-7-9-11-13-15-17-19-21-24-28-32-36-40-44-48-54(59)53(52-58)57-55(60)49-45-41-37-33-29-25-22-20-23-27-31-35-39-43-47-51-62-56(61)50-46-42-38-34-30-26-18-16-14-12-10-8-6-4-2/h10,12,16,18,23,27,53-54,58-59H,3-9,11,13-15,17,19-22,24-26,28-52H2,1-2H3,(H,57,60)/b12-10-,18-16-,27-23-. The number of unbranched alkanes of at least 4 members (excludes halogenated alkanes) is 33. The minimum absolute atomic E-state index is 0.0249. The van der Waals surface area contributed by atoms with Gasteiger partial charge in [0, 0.05) is 12.8 Å². The van der Waals surface area contributed by atoms with E-state index in [2.05, 4.69) is 55.6 Å². The van der Waals surface area contributed by atoms with E-state index in [0.717, 1.165) is 83.5 Å². The van der Waals surface area contributed by atoms with Crippen LogP contribution in [0.1, 0.15) is 284 Å². The van der Waals surface area contributed by atoms with Crippen molar-refractivity contribution in [2.75, 3.05) is 13.2 Å². The number of nitrogens with one attached hydrogen (secondary N) is 1. The molecule has 0 rings (SSSR count). The molecule has 0 radical (unpaired) electrons. The van der Waals surface area contributed by atoms with E-state index in [-0.39, 0.29) is 18.5 Å². The normalized spacial score (nSPS) is 12.9. The van der Waals surface area contributed by atoms with Crippen molar-refractivity contribution in [3.05, 3.63) is 36.5 Å². The number of aliphatic hydroxyl groups excluding tert-OH is 2. The molecule has 0 aromatic heterocycles. The smallest absolute Gasteiger partial charge is 0.305 e. The Bertz CT molecular complexity index is 1010. The van der Waals surface area contributed by atoms with Crippen LogP contribution in [0.4, 0.5) is 0 Å². The van der Waals surface area contributed by atoms with Crippen LogP contribution >= 0.6 is 0 Å². The molecule has 1 amide bonds. The van der Waals surface area contributed by atoms with E-state index in [1.807, 2.05) is 0 Å². The zero-order chi connectivity index (χ0) is 45.1. The Morgan fingerprint density at radius 1 is 0.452 bits per heavy atom. The third-order valence-electron chi connectivity index (χ3n) is 12.4. The maximum Gasteiger partial charge on any atom is 0.305 e. The van der Waals surface area contributed by atoms with Crippen LogP contribution in [0.3, 0.4) is 0 Å². The number of hydrogen-bond donors (Lipinski definition) is 3. The van der Waals surface area contributed by atoms with Gasteiger partial charge in [0.1, 0.15) is 0 Å². The lowest BCUT2D eigenvalue weighted by molar-refractivity contribution is -0.143. The van der Waals surface area contributed by atoms with Crippen molar-refractivity contribution in [3.63, 3.8) is 0 Å². The minimum atomic E-state index is -0.675. The first-order chi connectivity index (χ1) is 30.5. The molecule has 2 unspecified atom stereocenters. The fourth-order valence-electron chi connectivity index (χ4n) is 8.18. The predicted octanol–water partition coefficient (Wildman–Crippen LogP) is 16.5. The first-order valence-electron chi connectivity index (χ1n) is 27.2. The number of ether oxygens (including phenoxy) is 1. The minimum Gasteiger partial charge on any atom is -0.466 e. The summed E-state index contributed by atoms with van der Waals surface area (Å²) in [7, 11) is 0. The highest BCUT2D eigenvalue weighted by Crippen LogP contribution is 2.16. The van der Waals surface area contributed by atoms with E-state index in [0.29, 0.717) is 25.9 Å². The summed E-state index contributed by atoms with van der Waals surface area (Å²) in [4.78, 5) is 24.5. The molecule has 364 valence electrons. The van der Waals surface area contributed by atoms with Gasteiger partial charge in [0.15, 0.2) is 0 Å². The van der Waals surface area contributed by atoms with Crippen LogP contribution in [-0.4, -0.2) is 47.4 Å². The first kappa shape index (κ1) is 60.1. The second-order valence-electron chi connectivity index (χ2n) is 18.6. The van der Waals surface area contributed by atoms with Gasteiger partial charge in [-0.05, 0) is 77.0 Å². The van der Waals surface area contributed by atoms with E-state index in [1.54, 1.807) is 0 Å². The van der Waals surface area contributed by atoms with Gasteiger partial charge < -0.3 is 20.3 Å². The summed E-state index contributed by atoms with van der Waals surface area (Å²) in [5.74, 6) is -0.0752. The zero-order valence-corrected chi connectivity index (χ0v) is 41.4. The van der Waals surface area contributed by atoms with Crippen LogP contribution < -0.4 is 5.32 Å². The van der Waals surface area contributed by atoms with E-state index in [9.17, 15) is 19.8 Å². The second-order valence-corrected chi connectivity index (χ2v) is 18.6.